The first kappa shape index (κ1) is 13.6. The smallest absolute Gasteiger partial charge is 0.175 e. The van der Waals surface area contributed by atoms with Crippen LogP contribution in [0.5, 0.6) is 0 Å². The van der Waals surface area contributed by atoms with Crippen LogP contribution in [0.1, 0.15) is 5.56 Å². The second kappa shape index (κ2) is 5.04. The third-order valence-electron chi connectivity index (χ3n) is 2.69. The minimum absolute atomic E-state index is 0.190. The van der Waals surface area contributed by atoms with Gasteiger partial charge in [0.25, 0.3) is 0 Å². The van der Waals surface area contributed by atoms with Crippen LogP contribution < -0.4 is 0 Å². The topological polar surface area (TPSA) is 57.9 Å². The maximum Gasteiger partial charge on any atom is 0.175 e. The summed E-state index contributed by atoms with van der Waals surface area (Å²) in [5.74, 6) is 0. The zero-order valence-electron chi connectivity index (χ0n) is 10.1. The second-order valence-corrected chi connectivity index (χ2v) is 6.53. The van der Waals surface area contributed by atoms with Gasteiger partial charge in [-0.2, -0.15) is 5.26 Å². The summed E-state index contributed by atoms with van der Waals surface area (Å²) in [6.07, 6.45) is 1.14. The van der Waals surface area contributed by atoms with E-state index >= 15 is 0 Å². The summed E-state index contributed by atoms with van der Waals surface area (Å²) in [7, 11) is -3.26. The van der Waals surface area contributed by atoms with Gasteiger partial charge in [-0.1, -0.05) is 29.8 Å². The molecule has 19 heavy (non-hydrogen) atoms. The Labute approximate surface area is 117 Å². The molecule has 0 amide bonds. The van der Waals surface area contributed by atoms with Crippen molar-refractivity contribution in [2.45, 2.75) is 4.90 Å². The molecule has 0 unspecified atom stereocenters. The Bertz CT molecular complexity index is 759. The van der Waals surface area contributed by atoms with Crippen LogP contribution in [0.3, 0.4) is 0 Å². The van der Waals surface area contributed by atoms with E-state index in [1.807, 2.05) is 6.07 Å². The van der Waals surface area contributed by atoms with Crippen LogP contribution in [-0.2, 0) is 9.84 Å². The number of hydrogen-bond donors (Lipinski definition) is 0. The molecular formula is C14H10ClNO2S. The SMILES string of the molecule is CS(=O)(=O)c1ccc(-c2ccc(C#N)cc2)c(Cl)c1. The first-order chi connectivity index (χ1) is 8.91. The molecule has 0 spiro atoms. The van der Waals surface area contributed by atoms with E-state index in [2.05, 4.69) is 0 Å². The Hall–Kier alpha value is -1.83. The minimum Gasteiger partial charge on any atom is -0.224 e. The molecule has 0 N–H and O–H groups in total. The van der Waals surface area contributed by atoms with Gasteiger partial charge in [0.05, 0.1) is 16.5 Å². The van der Waals surface area contributed by atoms with Crippen molar-refractivity contribution in [2.75, 3.05) is 6.26 Å². The van der Waals surface area contributed by atoms with Crippen LogP contribution in [-0.4, -0.2) is 14.7 Å². The van der Waals surface area contributed by atoms with E-state index in [1.165, 1.54) is 12.1 Å². The van der Waals surface area contributed by atoms with E-state index in [-0.39, 0.29) is 4.90 Å². The van der Waals surface area contributed by atoms with Crippen LogP contribution in [0.15, 0.2) is 47.4 Å². The summed E-state index contributed by atoms with van der Waals surface area (Å²) < 4.78 is 22.8. The number of hydrogen-bond acceptors (Lipinski definition) is 3. The molecule has 0 aliphatic rings. The van der Waals surface area contributed by atoms with Crippen molar-refractivity contribution in [2.24, 2.45) is 0 Å². The van der Waals surface area contributed by atoms with Gasteiger partial charge in [0.2, 0.25) is 0 Å². The molecule has 0 aliphatic carbocycles. The van der Waals surface area contributed by atoms with Gasteiger partial charge in [-0.15, -0.1) is 0 Å². The number of rotatable bonds is 2. The third-order valence-corrected chi connectivity index (χ3v) is 4.12. The molecular weight excluding hydrogens is 282 g/mol. The van der Waals surface area contributed by atoms with Gasteiger partial charge in [0.15, 0.2) is 9.84 Å². The Kier molecular flexibility index (Phi) is 3.61. The van der Waals surface area contributed by atoms with Crippen molar-refractivity contribution in [1.82, 2.24) is 0 Å². The van der Waals surface area contributed by atoms with Gasteiger partial charge in [-0.25, -0.2) is 8.42 Å². The highest BCUT2D eigenvalue weighted by molar-refractivity contribution is 7.90. The average molecular weight is 292 g/mol. The van der Waals surface area contributed by atoms with E-state index in [9.17, 15) is 8.42 Å². The zero-order chi connectivity index (χ0) is 14.0. The Balaban J connectivity index is 2.49. The summed E-state index contributed by atoms with van der Waals surface area (Å²) in [5.41, 5.74) is 2.13. The summed E-state index contributed by atoms with van der Waals surface area (Å²) >= 11 is 6.11. The van der Waals surface area contributed by atoms with Crippen LogP contribution in [0, 0.1) is 11.3 Å². The lowest BCUT2D eigenvalue weighted by Crippen LogP contribution is -1.96. The van der Waals surface area contributed by atoms with Crippen LogP contribution in [0.2, 0.25) is 5.02 Å². The van der Waals surface area contributed by atoms with Crippen molar-refractivity contribution in [3.05, 3.63) is 53.1 Å². The lowest BCUT2D eigenvalue weighted by Gasteiger charge is -2.06. The number of benzene rings is 2. The number of halogens is 1. The largest absolute Gasteiger partial charge is 0.224 e. The fraction of sp³-hybridized carbons (Fsp3) is 0.0714. The fourth-order valence-corrected chi connectivity index (χ4v) is 2.69. The van der Waals surface area contributed by atoms with Crippen LogP contribution >= 0.6 is 11.6 Å². The number of sulfone groups is 1. The van der Waals surface area contributed by atoms with E-state index in [0.29, 0.717) is 10.6 Å². The summed E-state index contributed by atoms with van der Waals surface area (Å²) in [4.78, 5) is 0.190. The number of nitrogens with zero attached hydrogens (tertiary/aromatic N) is 1. The molecule has 0 fully saturated rings. The normalized spacial score (nSPS) is 11.0. The average Bonchev–Trinajstić information content (AvgIpc) is 2.38. The van der Waals surface area contributed by atoms with Crippen molar-refractivity contribution in [3.8, 4) is 17.2 Å². The standard InChI is InChI=1S/C14H10ClNO2S/c1-19(17,18)12-6-7-13(14(15)8-12)11-4-2-10(9-16)3-5-11/h2-8H,1H3. The molecule has 2 aromatic rings. The molecule has 3 nitrogen and oxygen atoms in total. The molecule has 0 atom stereocenters. The van der Waals surface area contributed by atoms with Gasteiger partial charge in [0, 0.05) is 16.8 Å². The molecule has 0 saturated carbocycles. The zero-order valence-corrected chi connectivity index (χ0v) is 11.7. The van der Waals surface area contributed by atoms with E-state index in [1.54, 1.807) is 30.3 Å². The first-order valence-corrected chi connectivity index (χ1v) is 7.69. The molecule has 0 saturated heterocycles. The lowest BCUT2D eigenvalue weighted by atomic mass is 10.0. The molecule has 0 radical (unpaired) electrons. The predicted octanol–water partition coefficient (Wildman–Crippen LogP) is 3.28. The van der Waals surface area contributed by atoms with Crippen LogP contribution in [0.25, 0.3) is 11.1 Å². The van der Waals surface area contributed by atoms with Crippen molar-refractivity contribution < 1.29 is 8.42 Å². The summed E-state index contributed by atoms with van der Waals surface area (Å²) in [5, 5.41) is 9.10. The quantitative estimate of drug-likeness (QED) is 0.853. The molecule has 0 aromatic heterocycles. The lowest BCUT2D eigenvalue weighted by molar-refractivity contribution is 0.602. The Morgan fingerprint density at radius 3 is 2.21 bits per heavy atom. The summed E-state index contributed by atoms with van der Waals surface area (Å²) in [6, 6.07) is 13.6. The Morgan fingerprint density at radius 1 is 1.11 bits per heavy atom. The van der Waals surface area contributed by atoms with Gasteiger partial charge in [-0.3, -0.25) is 0 Å². The summed E-state index contributed by atoms with van der Waals surface area (Å²) in [6.45, 7) is 0. The number of nitriles is 1. The molecule has 2 rings (SSSR count). The molecule has 0 bridgehead atoms. The fourth-order valence-electron chi connectivity index (χ4n) is 1.68. The molecule has 0 heterocycles. The first-order valence-electron chi connectivity index (χ1n) is 5.42. The van der Waals surface area contributed by atoms with E-state index in [4.69, 9.17) is 16.9 Å². The van der Waals surface area contributed by atoms with E-state index < -0.39 is 9.84 Å². The van der Waals surface area contributed by atoms with Crippen molar-refractivity contribution in [3.63, 3.8) is 0 Å². The van der Waals surface area contributed by atoms with E-state index in [0.717, 1.165) is 17.4 Å². The van der Waals surface area contributed by atoms with Crippen molar-refractivity contribution in [1.29, 1.82) is 5.26 Å². The molecule has 96 valence electrons. The third kappa shape index (κ3) is 2.95. The predicted molar refractivity (Wildman–Crippen MR) is 74.7 cm³/mol. The highest BCUT2D eigenvalue weighted by Crippen LogP contribution is 2.30. The van der Waals surface area contributed by atoms with Gasteiger partial charge in [-0.05, 0) is 29.8 Å². The van der Waals surface area contributed by atoms with Gasteiger partial charge in [0.1, 0.15) is 0 Å². The van der Waals surface area contributed by atoms with Crippen molar-refractivity contribution >= 4 is 21.4 Å². The maximum absolute atomic E-state index is 11.4. The van der Waals surface area contributed by atoms with Gasteiger partial charge >= 0.3 is 0 Å². The van der Waals surface area contributed by atoms with Crippen LogP contribution in [0.4, 0.5) is 0 Å². The molecule has 2 aromatic carbocycles. The maximum atomic E-state index is 11.4. The highest BCUT2D eigenvalue weighted by Gasteiger charge is 2.11. The monoisotopic (exact) mass is 291 g/mol. The van der Waals surface area contributed by atoms with Gasteiger partial charge < -0.3 is 0 Å². The molecule has 5 heteroatoms. The molecule has 0 aliphatic heterocycles. The minimum atomic E-state index is -3.26. The second-order valence-electron chi connectivity index (χ2n) is 4.10. The highest BCUT2D eigenvalue weighted by atomic mass is 35.5. The Morgan fingerprint density at radius 2 is 1.74 bits per heavy atom.